The van der Waals surface area contributed by atoms with Gasteiger partial charge in [-0.1, -0.05) is 11.6 Å². The molecular weight excluding hydrogens is 618 g/mol. The molecule has 2 atom stereocenters. The average Bonchev–Trinajstić information content (AvgIpc) is 3.49. The second kappa shape index (κ2) is 15.5. The van der Waals surface area contributed by atoms with E-state index in [-0.39, 0.29) is 6.42 Å². The first-order valence-corrected chi connectivity index (χ1v) is 14.5. The number of amides is 3. The number of anilines is 3. The van der Waals surface area contributed by atoms with Gasteiger partial charge in [0.25, 0.3) is 0 Å². The molecule has 16 heteroatoms. The van der Waals surface area contributed by atoms with Gasteiger partial charge in [0.1, 0.15) is 18.3 Å². The summed E-state index contributed by atoms with van der Waals surface area (Å²) >= 11 is 6.17. The fourth-order valence-electron chi connectivity index (χ4n) is 4.86. The van der Waals surface area contributed by atoms with Gasteiger partial charge >= 0.3 is 12.1 Å². The number of nitrogens with one attached hydrogen (secondary N) is 4. The second-order valence-corrected chi connectivity index (χ2v) is 10.7. The predicted octanol–water partition coefficient (Wildman–Crippen LogP) is 3.81. The number of methoxy groups -OCH3 is 1. The summed E-state index contributed by atoms with van der Waals surface area (Å²) in [6.07, 6.45) is 5.50. The number of nitrogens with zero attached hydrogens (tertiary/aromatic N) is 3. The summed E-state index contributed by atoms with van der Waals surface area (Å²) in [7, 11) is 1.24. The average molecular weight is 652 g/mol. The number of hydrogen-bond donors (Lipinski definition) is 6. The Balaban J connectivity index is 1.65. The SMILES string of the molecule is COC(=O)Nc1ccc2c(c1)NC(=O)CC(OC(C)=O)CCC[C@H](NC(=O)/C=C/c1cc(Cl)ccc1N(N)/C=N\N)c1nc-2c[nH]1. The van der Waals surface area contributed by atoms with E-state index in [1.54, 1.807) is 48.7 Å². The van der Waals surface area contributed by atoms with Crippen molar-refractivity contribution in [3.8, 4) is 11.3 Å². The van der Waals surface area contributed by atoms with Gasteiger partial charge in [-0.15, -0.1) is 0 Å². The molecule has 15 nitrogen and oxygen atoms in total. The Morgan fingerprint density at radius 3 is 2.74 bits per heavy atom. The molecule has 2 aromatic carbocycles. The van der Waals surface area contributed by atoms with Crippen LogP contribution in [0, 0.1) is 0 Å². The molecule has 4 rings (SSSR count). The summed E-state index contributed by atoms with van der Waals surface area (Å²) in [4.78, 5) is 57.7. The monoisotopic (exact) mass is 651 g/mol. The van der Waals surface area contributed by atoms with Crippen LogP contribution < -0.4 is 32.6 Å². The van der Waals surface area contributed by atoms with Gasteiger partial charge in [-0.2, -0.15) is 5.10 Å². The Morgan fingerprint density at radius 2 is 2.00 bits per heavy atom. The molecule has 0 radical (unpaired) electrons. The number of carbonyl (C=O) groups is 4. The molecule has 0 fully saturated rings. The Morgan fingerprint density at radius 1 is 1.20 bits per heavy atom. The number of hydrogen-bond acceptors (Lipinski definition) is 10. The maximum Gasteiger partial charge on any atom is 0.411 e. The second-order valence-electron chi connectivity index (χ2n) is 10.2. The zero-order chi connectivity index (χ0) is 33.2. The number of hydrazine groups is 1. The highest BCUT2D eigenvalue weighted by Gasteiger charge is 2.24. The molecule has 46 heavy (non-hydrogen) atoms. The number of imidazole rings is 1. The standard InChI is InChI=1S/C30H34ClN9O6/c1-17(41)46-21-4-3-5-23(37-27(42)11-6-18-12-19(31)7-10-26(18)40(33)16-35-32)29-34-15-25(39-29)22-9-8-20(36-30(44)45-2)13-24(22)38-28(43)14-21/h6-13,15-16,21,23H,3-5,14,32-33H2,1-2H3,(H,34,39)(H,36,44)(H,37,42)(H,38,43)/b11-6+,35-16-/t21?,23-/m0/s1. The van der Waals surface area contributed by atoms with Gasteiger partial charge in [0.2, 0.25) is 11.8 Å². The number of nitrogens with two attached hydrogens (primary N) is 2. The van der Waals surface area contributed by atoms with Gasteiger partial charge in [0.15, 0.2) is 0 Å². The Kier molecular flexibility index (Phi) is 11.3. The van der Waals surface area contributed by atoms with Gasteiger partial charge in [0.05, 0.1) is 36.6 Å². The smallest absolute Gasteiger partial charge is 0.411 e. The minimum atomic E-state index is -0.710. The zero-order valence-corrected chi connectivity index (χ0v) is 25.8. The Bertz CT molecular complexity index is 1660. The molecule has 0 aliphatic carbocycles. The first-order chi connectivity index (χ1) is 22.1. The van der Waals surface area contributed by atoms with Crippen molar-refractivity contribution in [1.29, 1.82) is 0 Å². The van der Waals surface area contributed by atoms with Crippen molar-refractivity contribution in [2.24, 2.45) is 16.8 Å². The van der Waals surface area contributed by atoms with Crippen LogP contribution in [0.5, 0.6) is 0 Å². The van der Waals surface area contributed by atoms with Crippen LogP contribution in [0.3, 0.4) is 0 Å². The number of ether oxygens (including phenoxy) is 2. The van der Waals surface area contributed by atoms with Gasteiger partial charge in [0, 0.05) is 41.0 Å². The summed E-state index contributed by atoms with van der Waals surface area (Å²) in [5.74, 6) is 10.3. The normalized spacial score (nSPS) is 16.7. The number of halogens is 1. The number of H-pyrrole nitrogens is 1. The maximum absolute atomic E-state index is 13.2. The molecule has 1 unspecified atom stereocenters. The van der Waals surface area contributed by atoms with E-state index in [1.807, 2.05) is 0 Å². The van der Waals surface area contributed by atoms with E-state index in [1.165, 1.54) is 31.5 Å². The number of aromatic amines is 1. The van der Waals surface area contributed by atoms with Gasteiger partial charge in [-0.3, -0.25) is 24.7 Å². The number of fused-ring (bicyclic) bond motifs is 4. The third kappa shape index (κ3) is 9.06. The van der Waals surface area contributed by atoms with Crippen molar-refractivity contribution in [3.63, 3.8) is 0 Å². The molecule has 1 aromatic heterocycles. The van der Waals surface area contributed by atoms with Crippen molar-refractivity contribution >= 4 is 65.0 Å². The first kappa shape index (κ1) is 33.5. The van der Waals surface area contributed by atoms with Crippen molar-refractivity contribution in [2.75, 3.05) is 22.8 Å². The molecule has 2 bridgehead atoms. The molecule has 2 heterocycles. The highest BCUT2D eigenvalue weighted by Crippen LogP contribution is 2.32. The van der Waals surface area contributed by atoms with E-state index in [0.29, 0.717) is 64.0 Å². The third-order valence-electron chi connectivity index (χ3n) is 6.88. The lowest BCUT2D eigenvalue weighted by atomic mass is 10.0. The summed E-state index contributed by atoms with van der Waals surface area (Å²) in [5, 5.41) is 13.4. The number of carbonyl (C=O) groups excluding carboxylic acids is 4. The molecule has 1 aliphatic heterocycles. The van der Waals surface area contributed by atoms with Crippen LogP contribution in [0.2, 0.25) is 5.02 Å². The molecule has 0 saturated carbocycles. The van der Waals surface area contributed by atoms with Crippen LogP contribution in [0.4, 0.5) is 21.9 Å². The highest BCUT2D eigenvalue weighted by atomic mass is 35.5. The largest absolute Gasteiger partial charge is 0.462 e. The maximum atomic E-state index is 13.2. The quantitative estimate of drug-likeness (QED) is 0.0542. The van der Waals surface area contributed by atoms with Crippen molar-refractivity contribution in [2.45, 2.75) is 44.8 Å². The fourth-order valence-corrected chi connectivity index (χ4v) is 5.04. The topological polar surface area (TPSA) is 219 Å². The lowest BCUT2D eigenvalue weighted by molar-refractivity contribution is -0.147. The lowest BCUT2D eigenvalue weighted by Crippen LogP contribution is -2.30. The van der Waals surface area contributed by atoms with Crippen molar-refractivity contribution in [3.05, 3.63) is 65.1 Å². The van der Waals surface area contributed by atoms with Gasteiger partial charge in [-0.25, -0.2) is 15.6 Å². The lowest BCUT2D eigenvalue weighted by Gasteiger charge is -2.19. The van der Waals surface area contributed by atoms with Gasteiger partial charge in [-0.05, 0) is 61.7 Å². The third-order valence-corrected chi connectivity index (χ3v) is 7.12. The summed E-state index contributed by atoms with van der Waals surface area (Å²) in [5.41, 5.74) is 2.79. The van der Waals surface area contributed by atoms with Crippen molar-refractivity contribution < 1.29 is 28.7 Å². The predicted molar refractivity (Wildman–Crippen MR) is 173 cm³/mol. The number of aromatic nitrogens is 2. The molecule has 8 N–H and O–H groups in total. The molecule has 3 aromatic rings. The molecule has 1 aliphatic rings. The first-order valence-electron chi connectivity index (χ1n) is 14.1. The number of rotatable bonds is 7. The minimum absolute atomic E-state index is 0.104. The van der Waals surface area contributed by atoms with E-state index < -0.39 is 36.0 Å². The number of benzene rings is 2. The Labute approximate surface area is 269 Å². The van der Waals surface area contributed by atoms with E-state index in [4.69, 9.17) is 33.0 Å². The minimum Gasteiger partial charge on any atom is -0.462 e. The fraction of sp³-hybridized carbons (Fsp3) is 0.267. The molecule has 242 valence electrons. The van der Waals surface area contributed by atoms with Crippen LogP contribution in [0.25, 0.3) is 17.3 Å². The summed E-state index contributed by atoms with van der Waals surface area (Å²) in [6, 6.07) is 9.23. The summed E-state index contributed by atoms with van der Waals surface area (Å²) < 4.78 is 10.1. The van der Waals surface area contributed by atoms with Gasteiger partial charge < -0.3 is 30.9 Å². The van der Waals surface area contributed by atoms with E-state index in [2.05, 4.69) is 30.8 Å². The van der Waals surface area contributed by atoms with E-state index >= 15 is 0 Å². The molecule has 0 saturated heterocycles. The van der Waals surface area contributed by atoms with E-state index in [0.717, 1.165) is 0 Å². The summed E-state index contributed by atoms with van der Waals surface area (Å²) in [6.45, 7) is 1.27. The Hall–Kier alpha value is -5.41. The van der Waals surface area contributed by atoms with E-state index in [9.17, 15) is 19.2 Å². The number of esters is 1. The van der Waals surface area contributed by atoms with Crippen LogP contribution in [0.1, 0.15) is 50.0 Å². The number of hydrazone groups is 1. The van der Waals surface area contributed by atoms with Crippen molar-refractivity contribution in [1.82, 2.24) is 15.3 Å². The van der Waals surface area contributed by atoms with Crippen LogP contribution in [0.15, 0.2) is 53.8 Å². The highest BCUT2D eigenvalue weighted by molar-refractivity contribution is 6.30. The molecule has 3 amide bonds. The van der Waals surface area contributed by atoms with Crippen LogP contribution >= 0.6 is 11.6 Å². The molecule has 0 spiro atoms. The van der Waals surface area contributed by atoms with Crippen LogP contribution in [-0.2, 0) is 23.9 Å². The molecular formula is C30H34ClN9O6. The zero-order valence-electron chi connectivity index (χ0n) is 25.1. The van der Waals surface area contributed by atoms with Crippen LogP contribution in [-0.4, -0.2) is 53.4 Å².